The summed E-state index contributed by atoms with van der Waals surface area (Å²) in [6.07, 6.45) is 4.42. The Hall–Kier alpha value is -3.26. The van der Waals surface area contributed by atoms with Gasteiger partial charge in [0.2, 0.25) is 5.91 Å². The van der Waals surface area contributed by atoms with E-state index >= 15 is 0 Å². The van der Waals surface area contributed by atoms with Gasteiger partial charge in [-0.2, -0.15) is 0 Å². The third-order valence-electron chi connectivity index (χ3n) is 7.06. The molecule has 176 valence electrons. The van der Waals surface area contributed by atoms with Crippen LogP contribution in [0.15, 0.2) is 42.6 Å². The minimum absolute atomic E-state index is 0.00469. The lowest BCUT2D eigenvalue weighted by molar-refractivity contribution is -0.127. The lowest BCUT2D eigenvalue weighted by atomic mass is 9.71. The molecule has 0 unspecified atom stereocenters. The Kier molecular flexibility index (Phi) is 5.64. The molecule has 2 N–H and O–H groups in total. The van der Waals surface area contributed by atoms with Crippen molar-refractivity contribution in [1.82, 2.24) is 10.3 Å². The number of benzene rings is 2. The topological polar surface area (TPSA) is 82.5 Å². The number of amides is 2. The van der Waals surface area contributed by atoms with E-state index in [1.807, 2.05) is 0 Å². The largest absolute Gasteiger partial charge is 0.505 e. The number of aromatic nitrogens is 1. The number of carbonyl (C=O) groups is 2. The van der Waals surface area contributed by atoms with E-state index in [1.165, 1.54) is 4.90 Å². The van der Waals surface area contributed by atoms with Gasteiger partial charge in [0.25, 0.3) is 5.91 Å². The quantitative estimate of drug-likeness (QED) is 0.513. The fraction of sp³-hybridized carbons (Fsp3) is 0.320. The Balaban J connectivity index is 1.26. The van der Waals surface area contributed by atoms with Gasteiger partial charge in [-0.15, -0.1) is 0 Å². The molecular formula is C25H22ClF2N3O3. The van der Waals surface area contributed by atoms with E-state index in [1.54, 1.807) is 30.5 Å². The molecule has 1 aliphatic carbocycles. The summed E-state index contributed by atoms with van der Waals surface area (Å²) in [5, 5.41) is 14.2. The number of nitrogens with one attached hydrogen (secondary N) is 1. The fourth-order valence-electron chi connectivity index (χ4n) is 5.12. The van der Waals surface area contributed by atoms with Crippen LogP contribution in [-0.2, 0) is 4.79 Å². The maximum atomic E-state index is 13.8. The second-order valence-corrected chi connectivity index (χ2v) is 9.40. The van der Waals surface area contributed by atoms with Gasteiger partial charge >= 0.3 is 0 Å². The molecule has 2 fully saturated rings. The zero-order valence-corrected chi connectivity index (χ0v) is 18.9. The molecule has 9 heteroatoms. The van der Waals surface area contributed by atoms with Gasteiger partial charge < -0.3 is 15.3 Å². The number of phenolic OH excluding ortho intramolecular Hbond substituents is 1. The molecule has 2 heterocycles. The fourth-order valence-corrected chi connectivity index (χ4v) is 5.38. The summed E-state index contributed by atoms with van der Waals surface area (Å²) in [5.74, 6) is -2.80. The average molecular weight is 486 g/mol. The first kappa shape index (κ1) is 22.5. The normalized spacial score (nSPS) is 22.5. The van der Waals surface area contributed by atoms with Gasteiger partial charge in [0, 0.05) is 30.2 Å². The van der Waals surface area contributed by atoms with Crippen LogP contribution in [-0.4, -0.2) is 34.5 Å². The monoisotopic (exact) mass is 485 g/mol. The van der Waals surface area contributed by atoms with Gasteiger partial charge in [-0.3, -0.25) is 14.6 Å². The van der Waals surface area contributed by atoms with Gasteiger partial charge in [-0.05, 0) is 50.3 Å². The van der Waals surface area contributed by atoms with Crippen LogP contribution in [0.4, 0.5) is 14.5 Å². The molecular weight excluding hydrogens is 464 g/mol. The molecule has 0 radical (unpaired) electrons. The van der Waals surface area contributed by atoms with Crippen LogP contribution in [0.1, 0.15) is 42.5 Å². The molecule has 2 aromatic carbocycles. The van der Waals surface area contributed by atoms with E-state index in [2.05, 4.69) is 10.3 Å². The third kappa shape index (κ3) is 3.76. The van der Waals surface area contributed by atoms with Gasteiger partial charge in [0.15, 0.2) is 17.4 Å². The summed E-state index contributed by atoms with van der Waals surface area (Å²) in [6, 6.07) is 8.57. The molecule has 34 heavy (non-hydrogen) atoms. The number of nitrogens with zero attached hydrogens (tertiary/aromatic N) is 2. The number of anilines is 1. The molecule has 2 amide bonds. The standard InChI is InChI=1S/C25H22ClF2N3O3/c26-17-12-18(27)19(28)13-20(17)31-11-9-25(24(31)34)7-5-15(6-8-25)30-23(33)16-4-3-14-2-1-10-29-21(14)22(16)32/h1-4,10,12-13,15,32H,5-9,11H2,(H,30,33). The highest BCUT2D eigenvalue weighted by atomic mass is 35.5. The number of aromatic hydroxyl groups is 1. The number of pyridine rings is 1. The van der Waals surface area contributed by atoms with Crippen molar-refractivity contribution in [3.05, 3.63) is 64.8 Å². The van der Waals surface area contributed by atoms with Crippen LogP contribution in [0.3, 0.4) is 0 Å². The number of hydrogen-bond donors (Lipinski definition) is 2. The Labute approximate surface area is 199 Å². The molecule has 5 rings (SSSR count). The molecule has 0 atom stereocenters. The summed E-state index contributed by atoms with van der Waals surface area (Å²) in [6.45, 7) is 0.374. The van der Waals surface area contributed by atoms with Crippen LogP contribution in [0.2, 0.25) is 5.02 Å². The van der Waals surface area contributed by atoms with Crippen LogP contribution >= 0.6 is 11.6 Å². The van der Waals surface area contributed by atoms with Gasteiger partial charge in [0.05, 0.1) is 21.7 Å². The number of rotatable bonds is 3. The van der Waals surface area contributed by atoms with Crippen molar-refractivity contribution in [2.24, 2.45) is 5.41 Å². The van der Waals surface area contributed by atoms with Crippen LogP contribution in [0.5, 0.6) is 5.75 Å². The van der Waals surface area contributed by atoms with E-state index in [0.29, 0.717) is 44.2 Å². The molecule has 1 aromatic heterocycles. The van der Waals surface area contributed by atoms with E-state index < -0.39 is 17.0 Å². The summed E-state index contributed by atoms with van der Waals surface area (Å²) in [7, 11) is 0. The van der Waals surface area contributed by atoms with Gasteiger partial charge in [-0.25, -0.2) is 8.78 Å². The first-order chi connectivity index (χ1) is 16.3. The van der Waals surface area contributed by atoms with Crippen molar-refractivity contribution in [2.75, 3.05) is 11.4 Å². The maximum Gasteiger partial charge on any atom is 0.255 e. The Bertz CT molecular complexity index is 1310. The van der Waals surface area contributed by atoms with E-state index in [0.717, 1.165) is 17.5 Å². The summed E-state index contributed by atoms with van der Waals surface area (Å²) in [5.41, 5.74) is 0.0934. The summed E-state index contributed by atoms with van der Waals surface area (Å²) < 4.78 is 27.2. The van der Waals surface area contributed by atoms with E-state index in [-0.39, 0.29) is 39.9 Å². The van der Waals surface area contributed by atoms with Crippen molar-refractivity contribution in [3.8, 4) is 5.75 Å². The van der Waals surface area contributed by atoms with E-state index in [4.69, 9.17) is 11.6 Å². The predicted octanol–water partition coefficient (Wildman–Crippen LogP) is 4.97. The predicted molar refractivity (Wildman–Crippen MR) is 124 cm³/mol. The van der Waals surface area contributed by atoms with Crippen LogP contribution in [0.25, 0.3) is 10.9 Å². The number of hydrogen-bond acceptors (Lipinski definition) is 4. The van der Waals surface area contributed by atoms with E-state index in [9.17, 15) is 23.5 Å². The number of halogens is 3. The maximum absolute atomic E-state index is 13.8. The highest BCUT2D eigenvalue weighted by Crippen LogP contribution is 2.47. The molecule has 1 saturated carbocycles. The van der Waals surface area contributed by atoms with Crippen molar-refractivity contribution in [3.63, 3.8) is 0 Å². The lowest BCUT2D eigenvalue weighted by Gasteiger charge is -2.36. The first-order valence-corrected chi connectivity index (χ1v) is 11.5. The third-order valence-corrected chi connectivity index (χ3v) is 7.37. The minimum atomic E-state index is -1.06. The first-order valence-electron chi connectivity index (χ1n) is 11.1. The number of phenols is 1. The van der Waals surface area contributed by atoms with Crippen molar-refractivity contribution in [2.45, 2.75) is 38.1 Å². The summed E-state index contributed by atoms with van der Waals surface area (Å²) in [4.78, 5) is 31.7. The highest BCUT2D eigenvalue weighted by molar-refractivity contribution is 6.34. The highest BCUT2D eigenvalue weighted by Gasteiger charge is 2.49. The molecule has 0 bridgehead atoms. The van der Waals surface area contributed by atoms with Gasteiger partial charge in [0.1, 0.15) is 5.52 Å². The second-order valence-electron chi connectivity index (χ2n) is 8.99. The molecule has 1 spiro atoms. The van der Waals surface area contributed by atoms with Crippen molar-refractivity contribution in [1.29, 1.82) is 0 Å². The second kappa shape index (κ2) is 8.51. The Morgan fingerprint density at radius 2 is 1.88 bits per heavy atom. The van der Waals surface area contributed by atoms with Crippen LogP contribution in [0, 0.1) is 17.0 Å². The van der Waals surface area contributed by atoms with Gasteiger partial charge in [-0.1, -0.05) is 23.7 Å². The van der Waals surface area contributed by atoms with Crippen molar-refractivity contribution < 1.29 is 23.5 Å². The molecule has 2 aliphatic rings. The number of carbonyl (C=O) groups excluding carboxylic acids is 2. The van der Waals surface area contributed by atoms with Crippen LogP contribution < -0.4 is 10.2 Å². The summed E-state index contributed by atoms with van der Waals surface area (Å²) >= 11 is 6.09. The SMILES string of the molecule is O=C(NC1CCC2(CC1)CCN(c1cc(F)c(F)cc1Cl)C2=O)c1ccc2cccnc2c1O. The number of fused-ring (bicyclic) bond motifs is 1. The molecule has 6 nitrogen and oxygen atoms in total. The zero-order valence-electron chi connectivity index (χ0n) is 18.2. The Morgan fingerprint density at radius 3 is 2.65 bits per heavy atom. The lowest BCUT2D eigenvalue weighted by Crippen LogP contribution is -2.44. The molecule has 3 aromatic rings. The zero-order chi connectivity index (χ0) is 24.0. The van der Waals surface area contributed by atoms with Crippen molar-refractivity contribution >= 4 is 40.0 Å². The molecule has 1 aliphatic heterocycles. The molecule has 1 saturated heterocycles. The minimum Gasteiger partial charge on any atom is -0.505 e. The average Bonchev–Trinajstić information content (AvgIpc) is 3.13. The Morgan fingerprint density at radius 1 is 1.15 bits per heavy atom. The smallest absolute Gasteiger partial charge is 0.255 e.